The van der Waals surface area contributed by atoms with E-state index in [1.807, 2.05) is 13.1 Å². The summed E-state index contributed by atoms with van der Waals surface area (Å²) >= 11 is 0. The maximum absolute atomic E-state index is 12.2. The third kappa shape index (κ3) is 5.65. The number of carbonyl (C=O) groups is 2. The highest BCUT2D eigenvalue weighted by atomic mass is 16.2. The first-order valence-corrected chi connectivity index (χ1v) is 8.16. The van der Waals surface area contributed by atoms with Gasteiger partial charge in [-0.25, -0.2) is 0 Å². The number of rotatable bonds is 6. The summed E-state index contributed by atoms with van der Waals surface area (Å²) < 4.78 is 0. The summed E-state index contributed by atoms with van der Waals surface area (Å²) in [5.41, 5.74) is 7.46. The van der Waals surface area contributed by atoms with Crippen LogP contribution in [-0.2, 0) is 9.59 Å². The monoisotopic (exact) mass is 318 g/mol. The van der Waals surface area contributed by atoms with E-state index in [0.29, 0.717) is 19.4 Å². The summed E-state index contributed by atoms with van der Waals surface area (Å²) in [4.78, 5) is 23.9. The van der Waals surface area contributed by atoms with Crippen molar-refractivity contribution < 1.29 is 9.59 Å². The molecule has 6 nitrogen and oxygen atoms in total. The first-order valence-electron chi connectivity index (χ1n) is 8.16. The molecule has 2 unspecified atom stereocenters. The molecule has 126 valence electrons. The zero-order valence-corrected chi connectivity index (χ0v) is 13.6. The minimum atomic E-state index is -0.146. The third-order valence-corrected chi connectivity index (χ3v) is 4.12. The molecule has 0 saturated heterocycles. The summed E-state index contributed by atoms with van der Waals surface area (Å²) in [5.74, 6) is -0.160. The van der Waals surface area contributed by atoms with Crippen LogP contribution < -0.4 is 21.7 Å². The molecule has 5 N–H and O–H groups in total. The lowest BCUT2D eigenvalue weighted by Crippen LogP contribution is -2.35. The topological polar surface area (TPSA) is 96.2 Å². The number of likely N-dealkylation sites (N-methyl/N-ethyl adjacent to an activating group) is 1. The second-order valence-electron chi connectivity index (χ2n) is 6.08. The predicted octanol–water partition coefficient (Wildman–Crippen LogP) is 0.478. The summed E-state index contributed by atoms with van der Waals surface area (Å²) in [7, 11) is 1.82. The van der Waals surface area contributed by atoms with Crippen LogP contribution in [0.15, 0.2) is 35.6 Å². The van der Waals surface area contributed by atoms with Crippen LogP contribution in [0.2, 0.25) is 0 Å². The normalized spacial score (nSPS) is 24.3. The van der Waals surface area contributed by atoms with Gasteiger partial charge in [0.05, 0.1) is 0 Å². The van der Waals surface area contributed by atoms with Gasteiger partial charge < -0.3 is 21.7 Å². The van der Waals surface area contributed by atoms with Gasteiger partial charge in [0.15, 0.2) is 0 Å². The molecule has 2 atom stereocenters. The molecule has 0 aromatic heterocycles. The SMILES string of the molecule is CNCC=CC(=O)NC1=CC=C(C(=O)NC2CCC(N)C2)CC1. The third-order valence-electron chi connectivity index (χ3n) is 4.12. The van der Waals surface area contributed by atoms with Gasteiger partial charge in [0, 0.05) is 36.0 Å². The van der Waals surface area contributed by atoms with E-state index < -0.39 is 0 Å². The molecule has 2 aliphatic rings. The minimum absolute atomic E-state index is 0.0142. The van der Waals surface area contributed by atoms with Gasteiger partial charge in [-0.3, -0.25) is 9.59 Å². The Morgan fingerprint density at radius 2 is 2.13 bits per heavy atom. The highest BCUT2D eigenvalue weighted by Crippen LogP contribution is 2.20. The Hall–Kier alpha value is -1.92. The molecule has 0 heterocycles. The molecule has 2 aliphatic carbocycles. The van der Waals surface area contributed by atoms with E-state index in [9.17, 15) is 9.59 Å². The van der Waals surface area contributed by atoms with E-state index in [1.54, 1.807) is 12.2 Å². The van der Waals surface area contributed by atoms with Gasteiger partial charge in [0.2, 0.25) is 11.8 Å². The number of carbonyl (C=O) groups excluding carboxylic acids is 2. The van der Waals surface area contributed by atoms with Crippen molar-refractivity contribution in [3.8, 4) is 0 Å². The summed E-state index contributed by atoms with van der Waals surface area (Å²) in [6.45, 7) is 0.654. The van der Waals surface area contributed by atoms with E-state index in [-0.39, 0.29) is 23.9 Å². The molecule has 0 aliphatic heterocycles. The first-order chi connectivity index (χ1) is 11.1. The average molecular weight is 318 g/mol. The highest BCUT2D eigenvalue weighted by molar-refractivity contribution is 5.94. The van der Waals surface area contributed by atoms with Crippen LogP contribution >= 0.6 is 0 Å². The quantitative estimate of drug-likeness (QED) is 0.536. The van der Waals surface area contributed by atoms with Crippen LogP contribution in [0.25, 0.3) is 0 Å². The molecule has 0 radical (unpaired) electrons. The molecule has 2 amide bonds. The minimum Gasteiger partial charge on any atom is -0.350 e. The Balaban J connectivity index is 1.82. The maximum atomic E-state index is 12.2. The molecule has 6 heteroatoms. The van der Waals surface area contributed by atoms with Crippen molar-refractivity contribution in [2.75, 3.05) is 13.6 Å². The van der Waals surface area contributed by atoms with Crippen molar-refractivity contribution in [2.24, 2.45) is 5.73 Å². The fourth-order valence-electron chi connectivity index (χ4n) is 2.84. The zero-order chi connectivity index (χ0) is 16.7. The molecule has 1 saturated carbocycles. The maximum Gasteiger partial charge on any atom is 0.247 e. The van der Waals surface area contributed by atoms with Crippen LogP contribution in [0.4, 0.5) is 0 Å². The van der Waals surface area contributed by atoms with E-state index in [1.165, 1.54) is 6.08 Å². The van der Waals surface area contributed by atoms with Gasteiger partial charge in [-0.15, -0.1) is 0 Å². The standard InChI is InChI=1S/C17H26N4O2/c1-19-10-2-3-16(22)20-14-7-4-12(5-8-14)17(23)21-15-9-6-13(18)11-15/h2-4,7,13,15,19H,5-6,8-11,18H2,1H3,(H,20,22)(H,21,23). The van der Waals surface area contributed by atoms with Gasteiger partial charge in [-0.2, -0.15) is 0 Å². The molecule has 0 aromatic rings. The summed E-state index contributed by atoms with van der Waals surface area (Å²) in [6.07, 6.45) is 11.0. The van der Waals surface area contributed by atoms with E-state index in [0.717, 1.165) is 30.5 Å². The van der Waals surface area contributed by atoms with E-state index in [4.69, 9.17) is 5.73 Å². The van der Waals surface area contributed by atoms with E-state index >= 15 is 0 Å². The Morgan fingerprint density at radius 1 is 1.30 bits per heavy atom. The van der Waals surface area contributed by atoms with Crippen LogP contribution in [-0.4, -0.2) is 37.5 Å². The average Bonchev–Trinajstić information content (AvgIpc) is 2.93. The number of nitrogens with two attached hydrogens (primary N) is 1. The summed E-state index contributed by atoms with van der Waals surface area (Å²) in [5, 5.41) is 8.81. The fourth-order valence-corrected chi connectivity index (χ4v) is 2.84. The molecule has 0 spiro atoms. The number of allylic oxidation sites excluding steroid dienone is 3. The molecule has 0 bridgehead atoms. The number of nitrogens with one attached hydrogen (secondary N) is 3. The lowest BCUT2D eigenvalue weighted by atomic mass is 10.0. The molecular weight excluding hydrogens is 292 g/mol. The van der Waals surface area contributed by atoms with Crippen LogP contribution in [0.1, 0.15) is 32.1 Å². The molecule has 23 heavy (non-hydrogen) atoms. The second-order valence-corrected chi connectivity index (χ2v) is 6.08. The molecular formula is C17H26N4O2. The van der Waals surface area contributed by atoms with Crippen LogP contribution in [0, 0.1) is 0 Å². The Morgan fingerprint density at radius 3 is 2.74 bits per heavy atom. The molecule has 1 fully saturated rings. The second kappa shape index (κ2) is 8.64. The van der Waals surface area contributed by atoms with Crippen molar-refractivity contribution in [3.05, 3.63) is 35.6 Å². The highest BCUT2D eigenvalue weighted by Gasteiger charge is 2.24. The lowest BCUT2D eigenvalue weighted by Gasteiger charge is -2.17. The van der Waals surface area contributed by atoms with Gasteiger partial charge in [-0.1, -0.05) is 12.2 Å². The molecule has 0 aromatic carbocycles. The van der Waals surface area contributed by atoms with Crippen molar-refractivity contribution in [3.63, 3.8) is 0 Å². The van der Waals surface area contributed by atoms with Gasteiger partial charge >= 0.3 is 0 Å². The Bertz CT molecular complexity index is 537. The summed E-state index contributed by atoms with van der Waals surface area (Å²) in [6, 6.07) is 0.402. The predicted molar refractivity (Wildman–Crippen MR) is 90.4 cm³/mol. The van der Waals surface area contributed by atoms with Gasteiger partial charge in [-0.05, 0) is 45.2 Å². The lowest BCUT2D eigenvalue weighted by molar-refractivity contribution is -0.118. The Kier molecular flexibility index (Phi) is 6.55. The fraction of sp³-hybridized carbons (Fsp3) is 0.529. The Labute approximate surface area is 137 Å². The largest absolute Gasteiger partial charge is 0.350 e. The van der Waals surface area contributed by atoms with Crippen LogP contribution in [0.3, 0.4) is 0 Å². The van der Waals surface area contributed by atoms with Crippen molar-refractivity contribution in [1.82, 2.24) is 16.0 Å². The van der Waals surface area contributed by atoms with Gasteiger partial charge in [0.25, 0.3) is 0 Å². The van der Waals surface area contributed by atoms with Crippen molar-refractivity contribution >= 4 is 11.8 Å². The van der Waals surface area contributed by atoms with Crippen molar-refractivity contribution in [2.45, 2.75) is 44.2 Å². The number of hydrogen-bond acceptors (Lipinski definition) is 4. The smallest absolute Gasteiger partial charge is 0.247 e. The van der Waals surface area contributed by atoms with Crippen molar-refractivity contribution in [1.29, 1.82) is 0 Å². The van der Waals surface area contributed by atoms with Crippen LogP contribution in [0.5, 0.6) is 0 Å². The number of hydrogen-bond donors (Lipinski definition) is 4. The van der Waals surface area contributed by atoms with Gasteiger partial charge in [0.1, 0.15) is 0 Å². The molecule has 2 rings (SSSR count). The zero-order valence-electron chi connectivity index (χ0n) is 13.6. The van der Waals surface area contributed by atoms with E-state index in [2.05, 4.69) is 16.0 Å². The first kappa shape index (κ1) is 17.4. The number of amides is 2.